The third kappa shape index (κ3) is 2.76. The van der Waals surface area contributed by atoms with Crippen LogP contribution in [0.15, 0.2) is 47.1 Å². The van der Waals surface area contributed by atoms with E-state index < -0.39 is 0 Å². The number of hydrogen-bond donors (Lipinski definition) is 2. The van der Waals surface area contributed by atoms with Crippen LogP contribution in [-0.2, 0) is 6.54 Å². The van der Waals surface area contributed by atoms with Crippen LogP contribution in [0.3, 0.4) is 0 Å². The molecule has 0 saturated heterocycles. The molecule has 0 aliphatic carbocycles. The molecule has 3 aromatic rings. The Kier molecular flexibility index (Phi) is 3.88. The second kappa shape index (κ2) is 5.82. The third-order valence-electron chi connectivity index (χ3n) is 3.61. The van der Waals surface area contributed by atoms with Crippen LogP contribution >= 0.6 is 15.9 Å². The monoisotopic (exact) mass is 344 g/mol. The summed E-state index contributed by atoms with van der Waals surface area (Å²) in [4.78, 5) is 3.30. The van der Waals surface area contributed by atoms with Gasteiger partial charge in [-0.05, 0) is 41.6 Å². The third-order valence-corrected chi connectivity index (χ3v) is 4.07. The number of hydrogen-bond acceptors (Lipinski definition) is 2. The summed E-state index contributed by atoms with van der Waals surface area (Å²) in [5, 5.41) is 4.72. The Morgan fingerprint density at radius 2 is 2.10 bits per heavy atom. The highest BCUT2D eigenvalue weighted by Gasteiger charge is 2.09. The minimum absolute atomic E-state index is 0.747. The smallest absolute Gasteiger partial charge is 0.143 e. The van der Waals surface area contributed by atoms with Crippen LogP contribution in [0.25, 0.3) is 10.9 Å². The fourth-order valence-corrected chi connectivity index (χ4v) is 3.13. The lowest BCUT2D eigenvalue weighted by Gasteiger charge is -2.15. The number of ether oxygens (including phenoxy) is 1. The highest BCUT2D eigenvalue weighted by molar-refractivity contribution is 9.10. The average molecular weight is 345 g/mol. The number of aromatic nitrogens is 1. The Hall–Kier alpha value is -1.94. The van der Waals surface area contributed by atoms with E-state index in [9.17, 15) is 0 Å². The molecule has 0 unspecified atom stereocenters. The van der Waals surface area contributed by atoms with E-state index in [1.807, 2.05) is 12.3 Å². The van der Waals surface area contributed by atoms with Crippen LogP contribution in [0.5, 0.6) is 5.75 Å². The first-order valence-corrected chi connectivity index (χ1v) is 7.61. The maximum atomic E-state index is 5.47. The summed E-state index contributed by atoms with van der Waals surface area (Å²) in [6.45, 7) is 2.82. The van der Waals surface area contributed by atoms with Crippen molar-refractivity contribution in [1.82, 2.24) is 4.98 Å². The molecule has 0 radical (unpaired) electrons. The maximum Gasteiger partial charge on any atom is 0.143 e. The van der Waals surface area contributed by atoms with E-state index in [2.05, 4.69) is 63.5 Å². The molecule has 2 N–H and O–H groups in total. The van der Waals surface area contributed by atoms with Crippen LogP contribution in [-0.4, -0.2) is 12.1 Å². The Bertz CT molecular complexity index is 780. The van der Waals surface area contributed by atoms with Gasteiger partial charge in [-0.15, -0.1) is 0 Å². The highest BCUT2D eigenvalue weighted by Crippen LogP contribution is 2.32. The number of fused-ring (bicyclic) bond motifs is 1. The molecule has 0 aliphatic heterocycles. The number of nitrogens with one attached hydrogen (secondary N) is 2. The molecule has 0 saturated carbocycles. The van der Waals surface area contributed by atoms with Crippen molar-refractivity contribution in [3.8, 4) is 5.75 Å². The number of benzene rings is 2. The molecule has 2 aromatic carbocycles. The maximum absolute atomic E-state index is 5.47. The first-order chi connectivity index (χ1) is 10.2. The van der Waals surface area contributed by atoms with Crippen molar-refractivity contribution in [2.75, 3.05) is 12.4 Å². The lowest BCUT2D eigenvalue weighted by Crippen LogP contribution is -2.04. The van der Waals surface area contributed by atoms with E-state index in [4.69, 9.17) is 4.74 Å². The predicted octanol–water partition coefficient (Wildman–Crippen LogP) is 4.86. The van der Waals surface area contributed by atoms with Gasteiger partial charge in [-0.3, -0.25) is 0 Å². The van der Waals surface area contributed by atoms with E-state index in [0.29, 0.717) is 0 Å². The van der Waals surface area contributed by atoms with Gasteiger partial charge in [0.25, 0.3) is 0 Å². The van der Waals surface area contributed by atoms with Crippen LogP contribution in [0.4, 0.5) is 5.69 Å². The average Bonchev–Trinajstić information content (AvgIpc) is 2.94. The van der Waals surface area contributed by atoms with Crippen molar-refractivity contribution < 1.29 is 4.74 Å². The van der Waals surface area contributed by atoms with Crippen molar-refractivity contribution in [3.05, 3.63) is 58.2 Å². The van der Waals surface area contributed by atoms with Crippen molar-refractivity contribution in [3.63, 3.8) is 0 Å². The fraction of sp³-hybridized carbons (Fsp3) is 0.176. The second-order valence-electron chi connectivity index (χ2n) is 5.01. The van der Waals surface area contributed by atoms with Gasteiger partial charge in [0.15, 0.2) is 0 Å². The van der Waals surface area contributed by atoms with Gasteiger partial charge >= 0.3 is 0 Å². The topological polar surface area (TPSA) is 37.0 Å². The summed E-state index contributed by atoms with van der Waals surface area (Å²) >= 11 is 3.50. The Balaban J connectivity index is 1.90. The van der Waals surface area contributed by atoms with Crippen LogP contribution in [0, 0.1) is 6.92 Å². The van der Waals surface area contributed by atoms with Crippen LogP contribution in [0.1, 0.15) is 11.1 Å². The normalized spacial score (nSPS) is 10.8. The minimum Gasteiger partial charge on any atom is -0.495 e. The number of para-hydroxylation sites is 1. The standard InChI is InChI=1S/C17H17BrN2O/c1-11-8-14(18)9-15(21-2)16(11)20-10-13-5-3-4-12-6-7-19-17(12)13/h3-9,19-20H,10H2,1-2H3. The van der Waals surface area contributed by atoms with Gasteiger partial charge in [-0.2, -0.15) is 0 Å². The van der Waals surface area contributed by atoms with Crippen molar-refractivity contribution in [2.45, 2.75) is 13.5 Å². The summed E-state index contributed by atoms with van der Waals surface area (Å²) in [5.41, 5.74) is 4.60. The van der Waals surface area contributed by atoms with Gasteiger partial charge in [-0.25, -0.2) is 0 Å². The summed E-state index contributed by atoms with van der Waals surface area (Å²) in [6.07, 6.45) is 1.97. The molecule has 0 atom stereocenters. The molecule has 0 bridgehead atoms. The van der Waals surface area contributed by atoms with Gasteiger partial charge in [-0.1, -0.05) is 34.1 Å². The zero-order chi connectivity index (χ0) is 14.8. The molecule has 108 valence electrons. The Labute approximate surface area is 132 Å². The van der Waals surface area contributed by atoms with Gasteiger partial charge in [0.1, 0.15) is 5.75 Å². The van der Waals surface area contributed by atoms with E-state index in [-0.39, 0.29) is 0 Å². The van der Waals surface area contributed by atoms with Crippen molar-refractivity contribution >= 4 is 32.5 Å². The van der Waals surface area contributed by atoms with E-state index >= 15 is 0 Å². The van der Waals surface area contributed by atoms with E-state index in [1.54, 1.807) is 7.11 Å². The number of anilines is 1. The summed E-state index contributed by atoms with van der Waals surface area (Å²) < 4.78 is 6.49. The number of rotatable bonds is 4. The minimum atomic E-state index is 0.747. The van der Waals surface area contributed by atoms with Crippen LogP contribution < -0.4 is 10.1 Å². The number of halogens is 1. The second-order valence-corrected chi connectivity index (χ2v) is 5.93. The largest absolute Gasteiger partial charge is 0.495 e. The van der Waals surface area contributed by atoms with Crippen LogP contribution in [0.2, 0.25) is 0 Å². The molecular weight excluding hydrogens is 328 g/mol. The zero-order valence-electron chi connectivity index (χ0n) is 12.0. The predicted molar refractivity (Wildman–Crippen MR) is 91.1 cm³/mol. The van der Waals surface area contributed by atoms with Crippen molar-refractivity contribution in [2.24, 2.45) is 0 Å². The molecule has 1 heterocycles. The summed E-state index contributed by atoms with van der Waals surface area (Å²) in [6, 6.07) is 12.5. The zero-order valence-corrected chi connectivity index (χ0v) is 13.6. The first-order valence-electron chi connectivity index (χ1n) is 6.82. The first kappa shape index (κ1) is 14.0. The molecule has 0 amide bonds. The SMILES string of the molecule is COc1cc(Br)cc(C)c1NCc1cccc2cc[nH]c12. The molecule has 1 aromatic heterocycles. The van der Waals surface area contributed by atoms with Gasteiger partial charge in [0.05, 0.1) is 18.3 Å². The van der Waals surface area contributed by atoms with Gasteiger partial charge in [0, 0.05) is 17.2 Å². The van der Waals surface area contributed by atoms with E-state index in [1.165, 1.54) is 16.5 Å². The lowest BCUT2D eigenvalue weighted by atomic mass is 10.1. The molecule has 0 spiro atoms. The van der Waals surface area contributed by atoms with Gasteiger partial charge < -0.3 is 15.0 Å². The summed E-state index contributed by atoms with van der Waals surface area (Å²) in [5.74, 6) is 0.848. The highest BCUT2D eigenvalue weighted by atomic mass is 79.9. The molecule has 3 nitrogen and oxygen atoms in total. The molecular formula is C17H17BrN2O. The molecule has 21 heavy (non-hydrogen) atoms. The number of aryl methyl sites for hydroxylation is 1. The molecule has 0 fully saturated rings. The molecule has 0 aliphatic rings. The van der Waals surface area contributed by atoms with E-state index in [0.717, 1.165) is 28.0 Å². The molecule has 3 rings (SSSR count). The quantitative estimate of drug-likeness (QED) is 0.709. The van der Waals surface area contributed by atoms with Crippen molar-refractivity contribution in [1.29, 1.82) is 0 Å². The Morgan fingerprint density at radius 3 is 2.90 bits per heavy atom. The Morgan fingerprint density at radius 1 is 1.24 bits per heavy atom. The number of methoxy groups -OCH3 is 1. The fourth-order valence-electron chi connectivity index (χ4n) is 2.58. The van der Waals surface area contributed by atoms with Gasteiger partial charge in [0.2, 0.25) is 0 Å². The molecule has 4 heteroatoms. The number of H-pyrrole nitrogens is 1. The number of aromatic amines is 1. The lowest BCUT2D eigenvalue weighted by molar-refractivity contribution is 0.416. The summed E-state index contributed by atoms with van der Waals surface area (Å²) in [7, 11) is 1.69.